The molecule has 39 nitrogen and oxygen atoms in total. The zero-order valence-electron chi connectivity index (χ0n) is 63.3. The number of aromatic amines is 2. The Morgan fingerprint density at radius 3 is 1.81 bits per heavy atom. The van der Waals surface area contributed by atoms with Crippen LogP contribution in [0.2, 0.25) is 0 Å². The van der Waals surface area contributed by atoms with Crippen molar-refractivity contribution in [1.29, 1.82) is 5.41 Å². The van der Waals surface area contributed by atoms with Crippen molar-refractivity contribution in [2.24, 2.45) is 35.0 Å². The molecule has 0 aliphatic carbocycles. The number of carboxylic acid groups (broad SMARTS) is 1. The van der Waals surface area contributed by atoms with Crippen LogP contribution in [0.5, 0.6) is 5.75 Å². The van der Waals surface area contributed by atoms with Crippen LogP contribution < -0.4 is 91.6 Å². The maximum Gasteiger partial charge on any atom is 0.305 e. The van der Waals surface area contributed by atoms with E-state index in [0.29, 0.717) is 34.9 Å². The summed E-state index contributed by atoms with van der Waals surface area (Å²) in [6, 6.07) is -7.17. The molecule has 15 amide bonds. The van der Waals surface area contributed by atoms with Gasteiger partial charge in [-0.1, -0.05) is 106 Å². The summed E-state index contributed by atoms with van der Waals surface area (Å²) in [7, 11) is 1.74. The van der Waals surface area contributed by atoms with E-state index in [1.54, 1.807) is 52.0 Å². The minimum absolute atomic E-state index is 0.0192. The Bertz CT molecular complexity index is 4000. The molecule has 0 radical (unpaired) electrons. The molecule has 1 saturated heterocycles. The van der Waals surface area contributed by atoms with Crippen molar-refractivity contribution in [3.63, 3.8) is 0 Å². The van der Waals surface area contributed by atoms with E-state index in [2.05, 4.69) is 89.4 Å². The number of aliphatic carboxylic acids is 1. The predicted octanol–water partition coefficient (Wildman–Crippen LogP) is -3.77. The molecule has 1 fully saturated rings. The molecule has 612 valence electrons. The fraction of sp³-hybridized carbons (Fsp3) is 0.521. The number of para-hydroxylation sites is 1. The van der Waals surface area contributed by atoms with Crippen LogP contribution >= 0.6 is 21.6 Å². The summed E-state index contributed by atoms with van der Waals surface area (Å²) in [6.45, 7) is 11.4. The number of carboxylic acids is 1. The second-order valence-electron chi connectivity index (χ2n) is 27.4. The Morgan fingerprint density at radius 1 is 0.634 bits per heavy atom. The van der Waals surface area contributed by atoms with Crippen molar-refractivity contribution in [2.45, 2.75) is 192 Å². The number of aromatic nitrogens is 3. The molecule has 14 atom stereocenters. The smallest absolute Gasteiger partial charge is 0.305 e. The SMILES string of the molecule is CC[C@H](C)[C@H](NC(=O)[C@@H]1CSSC[C@H](NC(=O)[C@@H](NC(C)=O)[C@@H](C)CC)C(=O)N[C@@H](C(C)C)C(=O)N[C@H](Cc2ccc(O)cc2)C(=O)N[C@@H](CCC(N)=O)C(=O)N[C@@H](CC(=O)O)C(=O)N[C@@H](Cc2c[nH]c3ccccc23)C(=O)NCC(=O)N[C@@H](C)C(=O)N[C@@H](Cc2c[nH]cn2)C(=O)N[C@@H](CCCNC(=N)N)C(=O)N1)C(N)=O. The number of amides is 15. The summed E-state index contributed by atoms with van der Waals surface area (Å²) in [6.07, 6.45) is 1.25. The molecule has 25 N–H and O–H groups in total. The molecule has 4 aromatic rings. The van der Waals surface area contributed by atoms with Gasteiger partial charge in [0.05, 0.1) is 25.0 Å². The average molecular weight is 1600 g/mol. The van der Waals surface area contributed by atoms with Gasteiger partial charge in [0, 0.05) is 74.0 Å². The number of fused-ring (bicyclic) bond motifs is 1. The number of imidazole rings is 1. The molecular weight excluding hydrogens is 1500 g/mol. The lowest BCUT2D eigenvalue weighted by Crippen LogP contribution is -2.61. The van der Waals surface area contributed by atoms with Crippen LogP contribution in [0.4, 0.5) is 0 Å². The quantitative estimate of drug-likeness (QED) is 0.0124. The summed E-state index contributed by atoms with van der Waals surface area (Å²) >= 11 is 0. The van der Waals surface area contributed by atoms with E-state index in [1.807, 2.05) is 0 Å². The molecular formula is C71H103N21O18S2. The van der Waals surface area contributed by atoms with E-state index in [4.69, 9.17) is 22.6 Å². The molecule has 2 aromatic heterocycles. The third-order valence-corrected chi connectivity index (χ3v) is 20.6. The number of nitrogens with two attached hydrogens (primary N) is 3. The van der Waals surface area contributed by atoms with Gasteiger partial charge in [-0.15, -0.1) is 0 Å². The average Bonchev–Trinajstić information content (AvgIpc) is 1.22. The molecule has 0 bridgehead atoms. The minimum atomic E-state index is -2.07. The molecule has 2 aromatic carbocycles. The second kappa shape index (κ2) is 45.0. The van der Waals surface area contributed by atoms with Crippen molar-refractivity contribution in [1.82, 2.24) is 89.4 Å². The van der Waals surface area contributed by atoms with Gasteiger partial charge >= 0.3 is 5.97 Å². The van der Waals surface area contributed by atoms with Gasteiger partial charge in [-0.25, -0.2) is 4.98 Å². The molecule has 1 aliphatic heterocycles. The van der Waals surface area contributed by atoms with E-state index in [0.717, 1.165) is 21.6 Å². The lowest BCUT2D eigenvalue weighted by molar-refractivity contribution is -0.141. The number of hydrogen-bond acceptors (Lipinski definition) is 21. The summed E-state index contributed by atoms with van der Waals surface area (Å²) in [5, 5.41) is 64.3. The number of nitrogens with one attached hydrogen (secondary N) is 17. The van der Waals surface area contributed by atoms with Crippen LogP contribution in [0.25, 0.3) is 10.9 Å². The number of aromatic hydroxyl groups is 1. The van der Waals surface area contributed by atoms with E-state index in [9.17, 15) is 86.9 Å². The van der Waals surface area contributed by atoms with Crippen molar-refractivity contribution in [3.8, 4) is 5.75 Å². The van der Waals surface area contributed by atoms with Crippen LogP contribution in [0.15, 0.2) is 67.3 Å². The maximum absolute atomic E-state index is 15.0. The van der Waals surface area contributed by atoms with Crippen LogP contribution in [0.3, 0.4) is 0 Å². The zero-order valence-corrected chi connectivity index (χ0v) is 65.0. The first-order valence-electron chi connectivity index (χ1n) is 36.3. The number of hydrogen-bond donors (Lipinski definition) is 22. The number of primary amides is 2. The highest BCUT2D eigenvalue weighted by Crippen LogP contribution is 2.25. The number of H-pyrrole nitrogens is 2. The first kappa shape index (κ1) is 91.1. The Morgan fingerprint density at radius 2 is 1.21 bits per heavy atom. The second-order valence-corrected chi connectivity index (χ2v) is 30.0. The number of benzene rings is 2. The summed E-state index contributed by atoms with van der Waals surface area (Å²) in [4.78, 5) is 235. The summed E-state index contributed by atoms with van der Waals surface area (Å²) in [5.41, 5.74) is 18.4. The molecule has 5 rings (SSSR count). The van der Waals surface area contributed by atoms with Crippen molar-refractivity contribution < 1.29 is 86.9 Å². The zero-order chi connectivity index (χ0) is 83.1. The molecule has 0 saturated carbocycles. The highest BCUT2D eigenvalue weighted by molar-refractivity contribution is 8.76. The maximum atomic E-state index is 15.0. The highest BCUT2D eigenvalue weighted by Gasteiger charge is 2.39. The Kier molecular flexibility index (Phi) is 36.6. The lowest BCUT2D eigenvalue weighted by atomic mass is 9.97. The third-order valence-electron chi connectivity index (χ3n) is 18.2. The van der Waals surface area contributed by atoms with Crippen LogP contribution in [-0.2, 0) is 96.0 Å². The highest BCUT2D eigenvalue weighted by atomic mass is 33.1. The van der Waals surface area contributed by atoms with Gasteiger partial charge in [0.2, 0.25) is 88.6 Å². The molecule has 0 unspecified atom stereocenters. The lowest BCUT2D eigenvalue weighted by Gasteiger charge is -2.29. The third kappa shape index (κ3) is 29.7. The molecule has 112 heavy (non-hydrogen) atoms. The molecule has 0 spiro atoms. The summed E-state index contributed by atoms with van der Waals surface area (Å²) < 4.78 is 0. The first-order valence-corrected chi connectivity index (χ1v) is 38.8. The monoisotopic (exact) mass is 1600 g/mol. The van der Waals surface area contributed by atoms with Crippen molar-refractivity contribution in [3.05, 3.63) is 84.1 Å². The summed E-state index contributed by atoms with van der Waals surface area (Å²) in [5.74, 6) is -20.1. The normalized spacial score (nSPS) is 22.7. The van der Waals surface area contributed by atoms with Crippen molar-refractivity contribution >= 4 is 133 Å². The molecule has 41 heteroatoms. The van der Waals surface area contributed by atoms with Crippen LogP contribution in [0, 0.1) is 23.2 Å². The van der Waals surface area contributed by atoms with Gasteiger partial charge in [-0.3, -0.25) is 82.1 Å². The number of rotatable bonds is 26. The van der Waals surface area contributed by atoms with E-state index in [-0.39, 0.29) is 43.7 Å². The number of guanidine groups is 1. The topological polar surface area (TPSA) is 628 Å². The van der Waals surface area contributed by atoms with Gasteiger partial charge in [0.25, 0.3) is 0 Å². The van der Waals surface area contributed by atoms with Gasteiger partial charge in [0.1, 0.15) is 78.3 Å². The number of phenolic OH excluding ortho intramolecular Hbond substituents is 1. The fourth-order valence-corrected chi connectivity index (χ4v) is 13.8. The Hall–Kier alpha value is -11.5. The number of nitrogens with zero attached hydrogens (tertiary/aromatic N) is 1. The van der Waals surface area contributed by atoms with Crippen molar-refractivity contribution in [2.75, 3.05) is 24.6 Å². The standard InChI is InChI=1S/C71H103N21O18S2/c1-9-35(5)57(59(73)99)92-68(108)51-31-111-112-32-52(90-70(110)58(36(6)10-2)82-38(8)93)67(107)91-56(34(3)4)69(109)88-47(24-39-17-19-42(94)20-18-39)64(104)84-46(21-22-53(72)95)63(103)87-50(27-55(97)98)66(106)86-48(25-40-28-78-44-15-12-11-14-43(40)44)61(101)79-30-54(96)81-37(7)60(100)85-49(26-41-29-76-33-80-41)65(105)83-45(62(102)89-51)16-13-23-77-71(74)75/h11-12,14-15,17-20,28-29,33-37,45-52,56-58,78,94H,9-10,13,16,21-27,30-32H2,1-8H3,(H2,72,95)(H2,73,99)(H,76,80)(H,79,101)(H,81,96)(H,82,93)(H,83,105)(H,84,104)(H,85,100)(H,86,106)(H,87,103)(H,88,109)(H,89,102)(H,90,110)(H,91,107)(H,92,108)(H,97,98)(H4,74,75,77)/t35-,36-,37-,45-,46-,47+,48-,49-,50-,51-,52-,56-,57-,58-/m0/s1. The van der Waals surface area contributed by atoms with Crippen LogP contribution in [-0.4, -0.2) is 223 Å². The van der Waals surface area contributed by atoms with E-state index >= 15 is 0 Å². The Balaban J connectivity index is 1.67. The predicted molar refractivity (Wildman–Crippen MR) is 411 cm³/mol. The largest absolute Gasteiger partial charge is 0.508 e. The molecule has 1 aliphatic rings. The van der Waals surface area contributed by atoms with Crippen LogP contribution in [0.1, 0.15) is 117 Å². The van der Waals surface area contributed by atoms with E-state index in [1.165, 1.54) is 70.7 Å². The van der Waals surface area contributed by atoms with Gasteiger partial charge in [-0.2, -0.15) is 0 Å². The van der Waals surface area contributed by atoms with E-state index < -0.39 is 235 Å². The first-order chi connectivity index (χ1) is 53.0. The molecule has 3 heterocycles. The number of carbonyl (C=O) groups is 16. The van der Waals surface area contributed by atoms with Gasteiger partial charge < -0.3 is 112 Å². The minimum Gasteiger partial charge on any atom is -0.508 e. The number of phenols is 1. The van der Waals surface area contributed by atoms with Gasteiger partial charge in [-0.05, 0) is 73.3 Å². The Labute approximate surface area is 653 Å². The number of carbonyl (C=O) groups excluding carboxylic acids is 15. The fourth-order valence-electron chi connectivity index (χ4n) is 11.5. The van der Waals surface area contributed by atoms with Gasteiger partial charge in [0.15, 0.2) is 5.96 Å².